The van der Waals surface area contributed by atoms with Gasteiger partial charge in [-0.3, -0.25) is 4.98 Å². The first-order chi connectivity index (χ1) is 21.8. The zero-order chi connectivity index (χ0) is 29.3. The molecule has 0 radical (unpaired) electrons. The lowest BCUT2D eigenvalue weighted by molar-refractivity contribution is 1.05. The van der Waals surface area contributed by atoms with Gasteiger partial charge in [0.25, 0.3) is 0 Å². The molecular formula is C41H29N3. The van der Waals surface area contributed by atoms with Crippen LogP contribution in [-0.4, -0.2) is 15.0 Å². The summed E-state index contributed by atoms with van der Waals surface area (Å²) in [5.74, 6) is 0.697. The summed E-state index contributed by atoms with van der Waals surface area (Å²) in [6.45, 7) is 0. The molecule has 0 unspecified atom stereocenters. The van der Waals surface area contributed by atoms with Crippen molar-refractivity contribution in [3.63, 3.8) is 0 Å². The number of rotatable bonds is 5. The van der Waals surface area contributed by atoms with Crippen molar-refractivity contribution in [2.75, 3.05) is 0 Å². The second-order valence-electron chi connectivity index (χ2n) is 11.1. The summed E-state index contributed by atoms with van der Waals surface area (Å²) in [7, 11) is 0. The molecule has 0 N–H and O–H groups in total. The van der Waals surface area contributed by atoms with Crippen LogP contribution in [0.2, 0.25) is 0 Å². The van der Waals surface area contributed by atoms with Crippen LogP contribution >= 0.6 is 0 Å². The molecular weight excluding hydrogens is 534 g/mol. The maximum atomic E-state index is 5.19. The molecule has 1 aliphatic rings. The van der Waals surface area contributed by atoms with Gasteiger partial charge in [-0.2, -0.15) is 0 Å². The summed E-state index contributed by atoms with van der Waals surface area (Å²) >= 11 is 0. The van der Waals surface area contributed by atoms with Gasteiger partial charge in [0, 0.05) is 28.9 Å². The lowest BCUT2D eigenvalue weighted by Gasteiger charge is -2.19. The summed E-state index contributed by atoms with van der Waals surface area (Å²) in [5.41, 5.74) is 11.5. The van der Waals surface area contributed by atoms with Crippen molar-refractivity contribution in [3.05, 3.63) is 158 Å². The highest BCUT2D eigenvalue weighted by atomic mass is 14.9. The average molecular weight is 564 g/mol. The van der Waals surface area contributed by atoms with Crippen molar-refractivity contribution in [2.24, 2.45) is 0 Å². The maximum Gasteiger partial charge on any atom is 0.160 e. The summed E-state index contributed by atoms with van der Waals surface area (Å²) in [6, 6.07) is 43.0. The van der Waals surface area contributed by atoms with E-state index in [1.165, 1.54) is 38.8 Å². The quantitative estimate of drug-likeness (QED) is 0.196. The van der Waals surface area contributed by atoms with Gasteiger partial charge in [-0.15, -0.1) is 0 Å². The van der Waals surface area contributed by atoms with Crippen LogP contribution in [0, 0.1) is 0 Å². The lowest BCUT2D eigenvalue weighted by atomic mass is 9.85. The summed E-state index contributed by atoms with van der Waals surface area (Å²) in [6.07, 6.45) is 12.4. The first-order valence-electron chi connectivity index (χ1n) is 15.1. The van der Waals surface area contributed by atoms with Gasteiger partial charge >= 0.3 is 0 Å². The van der Waals surface area contributed by atoms with E-state index in [9.17, 15) is 0 Å². The van der Waals surface area contributed by atoms with Crippen LogP contribution in [0.3, 0.4) is 0 Å². The van der Waals surface area contributed by atoms with Crippen molar-refractivity contribution >= 4 is 27.2 Å². The zero-order valence-electron chi connectivity index (χ0n) is 24.2. The van der Waals surface area contributed by atoms with E-state index in [4.69, 9.17) is 9.97 Å². The Kier molecular flexibility index (Phi) is 6.62. The first-order valence-corrected chi connectivity index (χ1v) is 15.1. The largest absolute Gasteiger partial charge is 0.265 e. The molecule has 3 heteroatoms. The molecule has 0 amide bonds. The minimum Gasteiger partial charge on any atom is -0.265 e. The molecule has 3 nitrogen and oxygen atoms in total. The van der Waals surface area contributed by atoms with Crippen molar-refractivity contribution < 1.29 is 0 Å². The highest BCUT2D eigenvalue weighted by Gasteiger charge is 2.18. The molecule has 0 bridgehead atoms. The van der Waals surface area contributed by atoms with Gasteiger partial charge in [-0.25, -0.2) is 9.97 Å². The molecule has 0 atom stereocenters. The standard InChI is InChI=1S/C41H29N3/c1-3-10-28(11-4-1)34-16-9-17-35(29-12-5-2-6-13-29)38(34)31-18-20-32(21-19-31)40-39-36-15-8-7-14-30(36)22-23-37(39)43-41(44-40)33-24-26-42-27-25-33/h1-5,7-12,14-27H,6,13H2. The molecule has 44 heavy (non-hydrogen) atoms. The van der Waals surface area contributed by atoms with Crippen LogP contribution in [0.4, 0.5) is 0 Å². The van der Waals surface area contributed by atoms with Crippen LogP contribution in [0.25, 0.3) is 72.1 Å². The van der Waals surface area contributed by atoms with Gasteiger partial charge in [0.1, 0.15) is 0 Å². The normalized spacial score (nSPS) is 12.9. The number of benzene rings is 5. The topological polar surface area (TPSA) is 38.7 Å². The molecule has 5 aromatic carbocycles. The Morgan fingerprint density at radius 1 is 0.545 bits per heavy atom. The first kappa shape index (κ1) is 26.0. The van der Waals surface area contributed by atoms with E-state index in [2.05, 4.69) is 132 Å². The third-order valence-electron chi connectivity index (χ3n) is 8.48. The van der Waals surface area contributed by atoms with Crippen molar-refractivity contribution in [3.8, 4) is 44.9 Å². The third-order valence-corrected chi connectivity index (χ3v) is 8.48. The number of nitrogens with zero attached hydrogens (tertiary/aromatic N) is 3. The molecule has 0 saturated carbocycles. The van der Waals surface area contributed by atoms with E-state index in [1.54, 1.807) is 12.4 Å². The van der Waals surface area contributed by atoms with Gasteiger partial charge in [-0.05, 0) is 75.2 Å². The summed E-state index contributed by atoms with van der Waals surface area (Å²) < 4.78 is 0. The molecule has 0 fully saturated rings. The minimum absolute atomic E-state index is 0.697. The fourth-order valence-corrected chi connectivity index (χ4v) is 6.35. The predicted molar refractivity (Wildman–Crippen MR) is 183 cm³/mol. The van der Waals surface area contributed by atoms with Crippen LogP contribution in [0.5, 0.6) is 0 Å². The van der Waals surface area contributed by atoms with E-state index in [0.29, 0.717) is 5.82 Å². The lowest BCUT2D eigenvalue weighted by Crippen LogP contribution is -1.97. The van der Waals surface area contributed by atoms with Gasteiger partial charge in [0.15, 0.2) is 5.82 Å². The SMILES string of the molecule is C1=CCCC(c2cccc(-c3ccccc3)c2-c2ccc(-c3nc(-c4ccncc4)nc4ccc5ccccc5c34)cc2)=C1. The number of allylic oxidation sites excluding steroid dienone is 4. The molecule has 0 spiro atoms. The van der Waals surface area contributed by atoms with Crippen molar-refractivity contribution in [1.29, 1.82) is 0 Å². The fourth-order valence-electron chi connectivity index (χ4n) is 6.35. The zero-order valence-corrected chi connectivity index (χ0v) is 24.2. The Morgan fingerprint density at radius 3 is 2.14 bits per heavy atom. The molecule has 208 valence electrons. The third kappa shape index (κ3) is 4.69. The number of hydrogen-bond acceptors (Lipinski definition) is 3. The molecule has 1 aliphatic carbocycles. The molecule has 7 aromatic rings. The maximum absolute atomic E-state index is 5.19. The van der Waals surface area contributed by atoms with Crippen molar-refractivity contribution in [2.45, 2.75) is 12.8 Å². The number of fused-ring (bicyclic) bond motifs is 3. The Labute approximate surface area is 256 Å². The highest BCUT2D eigenvalue weighted by Crippen LogP contribution is 2.41. The Balaban J connectivity index is 1.33. The van der Waals surface area contributed by atoms with Gasteiger partial charge in [0.2, 0.25) is 0 Å². The predicted octanol–water partition coefficient (Wildman–Crippen LogP) is 10.6. The van der Waals surface area contributed by atoms with E-state index in [0.717, 1.165) is 46.0 Å². The van der Waals surface area contributed by atoms with Gasteiger partial charge in [-0.1, -0.05) is 121 Å². The Bertz CT molecular complexity index is 2200. The molecule has 0 saturated heterocycles. The highest BCUT2D eigenvalue weighted by molar-refractivity contribution is 6.12. The average Bonchev–Trinajstić information content (AvgIpc) is 3.12. The number of aromatic nitrogens is 3. The van der Waals surface area contributed by atoms with Crippen LogP contribution in [0.15, 0.2) is 152 Å². The second-order valence-corrected chi connectivity index (χ2v) is 11.1. The monoisotopic (exact) mass is 563 g/mol. The number of hydrogen-bond donors (Lipinski definition) is 0. The van der Waals surface area contributed by atoms with Crippen LogP contribution in [0.1, 0.15) is 18.4 Å². The molecule has 2 heterocycles. The van der Waals surface area contributed by atoms with E-state index in [-0.39, 0.29) is 0 Å². The molecule has 0 aliphatic heterocycles. The van der Waals surface area contributed by atoms with E-state index < -0.39 is 0 Å². The molecule has 8 rings (SSSR count). The van der Waals surface area contributed by atoms with Crippen molar-refractivity contribution in [1.82, 2.24) is 15.0 Å². The Hall–Kier alpha value is -5.67. The van der Waals surface area contributed by atoms with Crippen LogP contribution < -0.4 is 0 Å². The summed E-state index contributed by atoms with van der Waals surface area (Å²) in [5, 5.41) is 3.40. The van der Waals surface area contributed by atoms with E-state index in [1.807, 2.05) is 12.1 Å². The molecule has 2 aromatic heterocycles. The van der Waals surface area contributed by atoms with Crippen LogP contribution in [-0.2, 0) is 0 Å². The number of pyridine rings is 1. The Morgan fingerprint density at radius 2 is 1.32 bits per heavy atom. The van der Waals surface area contributed by atoms with Gasteiger partial charge in [0.05, 0.1) is 11.2 Å². The van der Waals surface area contributed by atoms with E-state index >= 15 is 0 Å². The summed E-state index contributed by atoms with van der Waals surface area (Å²) in [4.78, 5) is 14.4. The minimum atomic E-state index is 0.697. The fraction of sp³-hybridized carbons (Fsp3) is 0.0488. The second kappa shape index (κ2) is 11.2. The smallest absolute Gasteiger partial charge is 0.160 e. The van der Waals surface area contributed by atoms with Gasteiger partial charge < -0.3 is 0 Å².